The van der Waals surface area contributed by atoms with Crippen LogP contribution in [0.2, 0.25) is 0 Å². The summed E-state index contributed by atoms with van der Waals surface area (Å²) < 4.78 is 7.40. The first-order valence-electron chi connectivity index (χ1n) is 7.96. The minimum absolute atomic E-state index is 0. The van der Waals surface area contributed by atoms with Crippen molar-refractivity contribution in [2.24, 2.45) is 18.0 Å². The van der Waals surface area contributed by atoms with Crippen LogP contribution in [0, 0.1) is 12.8 Å². The van der Waals surface area contributed by atoms with Gasteiger partial charge in [-0.15, -0.1) is 34.2 Å². The molecule has 0 aromatic carbocycles. The third kappa shape index (κ3) is 5.91. The van der Waals surface area contributed by atoms with Crippen LogP contribution in [0.15, 0.2) is 4.99 Å². The first-order chi connectivity index (χ1) is 10.6. The lowest BCUT2D eigenvalue weighted by Gasteiger charge is -2.26. The summed E-state index contributed by atoms with van der Waals surface area (Å²) >= 11 is 0. The highest BCUT2D eigenvalue weighted by molar-refractivity contribution is 14.0. The van der Waals surface area contributed by atoms with Crippen molar-refractivity contribution < 1.29 is 4.74 Å². The first-order valence-corrected chi connectivity index (χ1v) is 7.96. The number of halogens is 1. The van der Waals surface area contributed by atoms with Gasteiger partial charge in [0.25, 0.3) is 0 Å². The molecule has 0 atom stereocenters. The Kier molecular flexibility index (Phi) is 8.82. The van der Waals surface area contributed by atoms with Gasteiger partial charge in [-0.3, -0.25) is 4.99 Å². The van der Waals surface area contributed by atoms with E-state index in [-0.39, 0.29) is 24.0 Å². The van der Waals surface area contributed by atoms with Crippen molar-refractivity contribution >= 4 is 29.9 Å². The molecule has 0 unspecified atom stereocenters. The molecule has 8 heteroatoms. The van der Waals surface area contributed by atoms with E-state index in [2.05, 4.69) is 32.5 Å². The summed E-state index contributed by atoms with van der Waals surface area (Å²) in [6.07, 6.45) is 3.54. The number of rotatable bonds is 5. The predicted molar refractivity (Wildman–Crippen MR) is 102 cm³/mol. The van der Waals surface area contributed by atoms with Crippen molar-refractivity contribution in [3.05, 3.63) is 11.6 Å². The molecule has 1 N–H and O–H groups in total. The number of aromatic nitrogens is 3. The number of nitrogens with one attached hydrogen (secondary N) is 1. The second-order valence-corrected chi connectivity index (χ2v) is 5.89. The van der Waals surface area contributed by atoms with E-state index in [0.717, 1.165) is 43.3 Å². The highest BCUT2D eigenvalue weighted by atomic mass is 127. The van der Waals surface area contributed by atoms with Gasteiger partial charge in [0.05, 0.1) is 6.54 Å². The molecule has 0 amide bonds. The Morgan fingerprint density at radius 2 is 2.09 bits per heavy atom. The van der Waals surface area contributed by atoms with Crippen LogP contribution in [0.5, 0.6) is 0 Å². The van der Waals surface area contributed by atoms with E-state index < -0.39 is 0 Å². The molecule has 1 aliphatic heterocycles. The summed E-state index contributed by atoms with van der Waals surface area (Å²) in [4.78, 5) is 6.53. The fraction of sp³-hybridized carbons (Fsp3) is 0.800. The molecule has 0 saturated carbocycles. The normalized spacial score (nSPS) is 16.1. The van der Waals surface area contributed by atoms with Gasteiger partial charge in [0.1, 0.15) is 5.82 Å². The van der Waals surface area contributed by atoms with Crippen LogP contribution in [-0.2, 0) is 18.3 Å². The Bertz CT molecular complexity index is 498. The molecular weight excluding hydrogens is 407 g/mol. The molecule has 1 aromatic heterocycles. The fourth-order valence-corrected chi connectivity index (χ4v) is 2.66. The van der Waals surface area contributed by atoms with Gasteiger partial charge in [-0.05, 0) is 32.1 Å². The molecule has 0 spiro atoms. The van der Waals surface area contributed by atoms with Crippen molar-refractivity contribution in [1.82, 2.24) is 25.0 Å². The maximum Gasteiger partial charge on any atom is 0.193 e. The van der Waals surface area contributed by atoms with E-state index >= 15 is 0 Å². The number of ether oxygens (including phenoxy) is 1. The number of hydrogen-bond acceptors (Lipinski definition) is 4. The number of aryl methyl sites for hydroxylation is 1. The van der Waals surface area contributed by atoms with Crippen LogP contribution in [-0.4, -0.2) is 59.5 Å². The zero-order chi connectivity index (χ0) is 15.9. The van der Waals surface area contributed by atoms with Crippen LogP contribution in [0.25, 0.3) is 0 Å². The van der Waals surface area contributed by atoms with Crippen LogP contribution in [0.3, 0.4) is 0 Å². The van der Waals surface area contributed by atoms with Gasteiger partial charge in [-0.1, -0.05) is 0 Å². The molecule has 132 valence electrons. The number of nitrogens with zero attached hydrogens (tertiary/aromatic N) is 5. The molecule has 1 aliphatic rings. The molecule has 1 saturated heterocycles. The summed E-state index contributed by atoms with van der Waals surface area (Å²) in [6.45, 7) is 5.40. The Labute approximate surface area is 155 Å². The summed E-state index contributed by atoms with van der Waals surface area (Å²) in [7, 11) is 5.87. The van der Waals surface area contributed by atoms with Gasteiger partial charge in [0.15, 0.2) is 11.8 Å². The zero-order valence-corrected chi connectivity index (χ0v) is 16.9. The van der Waals surface area contributed by atoms with E-state index in [1.54, 1.807) is 0 Å². The Balaban J connectivity index is 0.00000264. The topological polar surface area (TPSA) is 67.6 Å². The summed E-state index contributed by atoms with van der Waals surface area (Å²) in [6, 6.07) is 0. The third-order valence-corrected chi connectivity index (χ3v) is 4.37. The second kappa shape index (κ2) is 10.1. The molecular formula is C15H29IN6O. The van der Waals surface area contributed by atoms with Gasteiger partial charge in [-0.2, -0.15) is 0 Å². The lowest BCUT2D eigenvalue weighted by molar-refractivity contribution is 0.0625. The minimum atomic E-state index is 0. The van der Waals surface area contributed by atoms with E-state index in [1.165, 1.54) is 19.3 Å². The standard InChI is InChI=1S/C15H28N6O.HI/c1-12-18-19-14(21(12)4)11-17-15(16-2)20(3)8-5-13-6-9-22-10-7-13;/h13H,5-11H2,1-4H3,(H,16,17);1H. The van der Waals surface area contributed by atoms with E-state index in [9.17, 15) is 0 Å². The van der Waals surface area contributed by atoms with Gasteiger partial charge in [0.2, 0.25) is 0 Å². The zero-order valence-electron chi connectivity index (χ0n) is 14.6. The van der Waals surface area contributed by atoms with Gasteiger partial charge in [-0.25, -0.2) is 0 Å². The largest absolute Gasteiger partial charge is 0.381 e. The Hall–Kier alpha value is -0.900. The highest BCUT2D eigenvalue weighted by Crippen LogP contribution is 2.18. The molecule has 2 heterocycles. The van der Waals surface area contributed by atoms with Crippen LogP contribution >= 0.6 is 24.0 Å². The molecule has 23 heavy (non-hydrogen) atoms. The van der Waals surface area contributed by atoms with Crippen molar-refractivity contribution in [2.75, 3.05) is 33.9 Å². The SMILES string of the molecule is CN=C(NCc1nnc(C)n1C)N(C)CCC1CCOCC1.I. The minimum Gasteiger partial charge on any atom is -0.381 e. The Morgan fingerprint density at radius 1 is 1.39 bits per heavy atom. The number of hydrogen-bond donors (Lipinski definition) is 1. The van der Waals surface area contributed by atoms with Crippen LogP contribution in [0.1, 0.15) is 30.9 Å². The van der Waals surface area contributed by atoms with Gasteiger partial charge in [0, 0.05) is 40.9 Å². The van der Waals surface area contributed by atoms with Gasteiger partial charge < -0.3 is 19.5 Å². The molecule has 0 radical (unpaired) electrons. The molecule has 1 aromatic rings. The fourth-order valence-electron chi connectivity index (χ4n) is 2.66. The lowest BCUT2D eigenvalue weighted by Crippen LogP contribution is -2.40. The van der Waals surface area contributed by atoms with E-state index in [1.807, 2.05) is 25.6 Å². The molecule has 2 rings (SSSR count). The van der Waals surface area contributed by atoms with Gasteiger partial charge >= 0.3 is 0 Å². The maximum atomic E-state index is 5.41. The average molecular weight is 436 g/mol. The lowest BCUT2D eigenvalue weighted by atomic mass is 9.96. The molecule has 0 aliphatic carbocycles. The van der Waals surface area contributed by atoms with Crippen LogP contribution in [0.4, 0.5) is 0 Å². The number of guanidine groups is 1. The third-order valence-electron chi connectivity index (χ3n) is 4.37. The maximum absolute atomic E-state index is 5.41. The van der Waals surface area contributed by atoms with Crippen LogP contribution < -0.4 is 5.32 Å². The summed E-state index contributed by atoms with van der Waals surface area (Å²) in [5, 5.41) is 11.6. The smallest absolute Gasteiger partial charge is 0.193 e. The Morgan fingerprint density at radius 3 is 2.65 bits per heavy atom. The van der Waals surface area contributed by atoms with E-state index in [4.69, 9.17) is 4.74 Å². The predicted octanol–water partition coefficient (Wildman–Crippen LogP) is 1.57. The molecule has 0 bridgehead atoms. The second-order valence-electron chi connectivity index (χ2n) is 5.89. The van der Waals surface area contributed by atoms with Crippen molar-refractivity contribution in [2.45, 2.75) is 32.7 Å². The summed E-state index contributed by atoms with van der Waals surface area (Å²) in [5.41, 5.74) is 0. The van der Waals surface area contributed by atoms with Crippen molar-refractivity contribution in [1.29, 1.82) is 0 Å². The number of aliphatic imine (C=N–C) groups is 1. The summed E-state index contributed by atoms with van der Waals surface area (Å²) in [5.74, 6) is 3.50. The molecule has 7 nitrogen and oxygen atoms in total. The highest BCUT2D eigenvalue weighted by Gasteiger charge is 2.15. The monoisotopic (exact) mass is 436 g/mol. The molecule has 1 fully saturated rings. The average Bonchev–Trinajstić information content (AvgIpc) is 2.86. The van der Waals surface area contributed by atoms with Crippen molar-refractivity contribution in [3.8, 4) is 0 Å². The first kappa shape index (κ1) is 20.1. The van der Waals surface area contributed by atoms with E-state index in [0.29, 0.717) is 6.54 Å². The van der Waals surface area contributed by atoms with Crippen molar-refractivity contribution in [3.63, 3.8) is 0 Å². The quantitative estimate of drug-likeness (QED) is 0.431.